The summed E-state index contributed by atoms with van der Waals surface area (Å²) >= 11 is 1.47. The molecule has 0 bridgehead atoms. The molecule has 0 radical (unpaired) electrons. The molecular formula is C43H80F5NO4S. The SMILES string of the molecule is C=CCCC1C(C=C)CCC2(C)C(O)CCC12.C=COC(=O)N1C(C)COCC1C.CC.CC.CC.CCC(C)CC(C)SCCCC(F)(F)C(F)(F)F. The van der Waals surface area contributed by atoms with Gasteiger partial charge in [-0.1, -0.05) is 94.4 Å². The number of nitrogens with zero attached hydrogens (tertiary/aromatic N) is 1. The van der Waals surface area contributed by atoms with E-state index in [1.807, 2.05) is 68.4 Å². The van der Waals surface area contributed by atoms with Crippen molar-refractivity contribution in [1.82, 2.24) is 4.90 Å². The van der Waals surface area contributed by atoms with Crippen molar-refractivity contribution in [3.63, 3.8) is 0 Å². The molecule has 0 aromatic carbocycles. The number of alkyl halides is 5. The van der Waals surface area contributed by atoms with Gasteiger partial charge in [-0.3, -0.25) is 4.90 Å². The van der Waals surface area contributed by atoms with E-state index < -0.39 is 18.5 Å². The van der Waals surface area contributed by atoms with Crippen LogP contribution in [0.5, 0.6) is 0 Å². The van der Waals surface area contributed by atoms with Crippen LogP contribution in [0.3, 0.4) is 0 Å². The lowest BCUT2D eigenvalue weighted by Gasteiger charge is -2.47. The Morgan fingerprint density at radius 1 is 1.00 bits per heavy atom. The van der Waals surface area contributed by atoms with Gasteiger partial charge in [0, 0.05) is 11.7 Å². The molecule has 3 aliphatic rings. The molecule has 1 N–H and O–H groups in total. The quantitative estimate of drug-likeness (QED) is 0.0870. The third-order valence-corrected chi connectivity index (χ3v) is 11.7. The van der Waals surface area contributed by atoms with Gasteiger partial charge in [-0.05, 0) is 100 Å². The number of fused-ring (bicyclic) bond motifs is 1. The molecule has 2 saturated carbocycles. The minimum atomic E-state index is -5.42. The molecule has 54 heavy (non-hydrogen) atoms. The van der Waals surface area contributed by atoms with E-state index in [2.05, 4.69) is 46.6 Å². The molecule has 0 aromatic heterocycles. The van der Waals surface area contributed by atoms with Crippen LogP contribution in [-0.2, 0) is 9.47 Å². The Labute approximate surface area is 332 Å². The van der Waals surface area contributed by atoms with Gasteiger partial charge in [-0.15, -0.1) is 13.2 Å². The maximum Gasteiger partial charge on any atom is 0.453 e. The first-order chi connectivity index (χ1) is 25.4. The first-order valence-electron chi connectivity index (χ1n) is 20.5. The van der Waals surface area contributed by atoms with Crippen molar-refractivity contribution in [1.29, 1.82) is 0 Å². The monoisotopic (exact) mass is 802 g/mol. The van der Waals surface area contributed by atoms with Crippen LogP contribution < -0.4 is 0 Å². The fourth-order valence-corrected chi connectivity index (χ4v) is 8.50. The minimum Gasteiger partial charge on any atom is -0.419 e. The summed E-state index contributed by atoms with van der Waals surface area (Å²) in [6.45, 7) is 36.7. The summed E-state index contributed by atoms with van der Waals surface area (Å²) < 4.78 is 70.8. The topological polar surface area (TPSA) is 59.0 Å². The van der Waals surface area contributed by atoms with Crippen molar-refractivity contribution in [2.24, 2.45) is 29.1 Å². The van der Waals surface area contributed by atoms with Crippen LogP contribution in [0.4, 0.5) is 26.7 Å². The van der Waals surface area contributed by atoms with Crippen LogP contribution in [0.1, 0.15) is 147 Å². The average Bonchev–Trinajstić information content (AvgIpc) is 3.45. The number of carbonyl (C=O) groups excluding carboxylic acids is 1. The summed E-state index contributed by atoms with van der Waals surface area (Å²) in [5.41, 5.74) is 0.172. The van der Waals surface area contributed by atoms with Crippen LogP contribution in [0.2, 0.25) is 0 Å². The number of aliphatic hydroxyl groups excluding tert-OH is 1. The zero-order valence-electron chi connectivity index (χ0n) is 36.1. The molecule has 1 aliphatic heterocycles. The number of morpholine rings is 1. The zero-order valence-corrected chi connectivity index (χ0v) is 36.9. The second-order valence-electron chi connectivity index (χ2n) is 14.1. The number of amides is 1. The van der Waals surface area contributed by atoms with Crippen LogP contribution >= 0.6 is 11.8 Å². The van der Waals surface area contributed by atoms with E-state index in [0.717, 1.165) is 31.9 Å². The van der Waals surface area contributed by atoms with Crippen LogP contribution in [0.25, 0.3) is 0 Å². The third kappa shape index (κ3) is 19.5. The van der Waals surface area contributed by atoms with Gasteiger partial charge in [0.05, 0.1) is 37.7 Å². The number of hydrogen-bond donors (Lipinski definition) is 1. The standard InChI is InChI=1S/C16H26O.C12H21F5S.C9H15NO3.3C2H6/c1-4-6-7-13-12(5-2)10-11-16(3)14(13)8-9-15(16)17;1-4-9(2)8-10(3)18-7-5-6-11(13,14)12(15,16)17;1-4-13-9(11)10-7(2)5-12-6-8(10)3;3*1-2/h4-5,12-15,17H,1-2,6-11H2,3H3;9-10H,4-8H2,1-3H3;4,7-8H,1,5-6H2,2-3H3;3*1-2H3. The molecule has 5 nitrogen and oxygen atoms in total. The highest BCUT2D eigenvalue weighted by Gasteiger charge is 2.56. The van der Waals surface area contributed by atoms with Crippen molar-refractivity contribution in [2.45, 2.75) is 183 Å². The fourth-order valence-electron chi connectivity index (χ4n) is 7.33. The molecular weight excluding hydrogens is 722 g/mol. The van der Waals surface area contributed by atoms with E-state index in [1.54, 1.807) is 4.90 Å². The van der Waals surface area contributed by atoms with Gasteiger partial charge in [-0.2, -0.15) is 33.7 Å². The van der Waals surface area contributed by atoms with Crippen molar-refractivity contribution < 1.29 is 41.3 Å². The number of halogens is 5. The van der Waals surface area contributed by atoms with Crippen LogP contribution in [0.15, 0.2) is 38.2 Å². The third-order valence-electron chi connectivity index (χ3n) is 10.4. The smallest absolute Gasteiger partial charge is 0.419 e. The Morgan fingerprint density at radius 2 is 1.56 bits per heavy atom. The number of hydrogen-bond acceptors (Lipinski definition) is 5. The van der Waals surface area contributed by atoms with Crippen LogP contribution in [-0.4, -0.2) is 70.6 Å². The van der Waals surface area contributed by atoms with Gasteiger partial charge >= 0.3 is 18.2 Å². The zero-order chi connectivity index (χ0) is 42.7. The highest BCUT2D eigenvalue weighted by atomic mass is 32.2. The Balaban J connectivity index is -0.000000680. The maximum absolute atomic E-state index is 12.6. The fraction of sp³-hybridized carbons (Fsp3) is 0.837. The normalized spacial score (nSPS) is 27.0. The summed E-state index contributed by atoms with van der Waals surface area (Å²) in [4.78, 5) is 13.1. The Hall–Kier alpha value is -1.59. The average molecular weight is 802 g/mol. The predicted molar refractivity (Wildman–Crippen MR) is 221 cm³/mol. The summed E-state index contributed by atoms with van der Waals surface area (Å²) in [5.74, 6) is -1.59. The maximum atomic E-state index is 12.6. The summed E-state index contributed by atoms with van der Waals surface area (Å²) in [7, 11) is 0. The second-order valence-corrected chi connectivity index (χ2v) is 15.6. The summed E-state index contributed by atoms with van der Waals surface area (Å²) in [6, 6.07) is 0.132. The highest BCUT2D eigenvalue weighted by molar-refractivity contribution is 7.99. The molecule has 1 heterocycles. The molecule has 2 aliphatic carbocycles. The molecule has 1 amide bonds. The van der Waals surface area contributed by atoms with Crippen molar-refractivity contribution in [3.05, 3.63) is 38.2 Å². The van der Waals surface area contributed by atoms with Crippen molar-refractivity contribution in [2.75, 3.05) is 19.0 Å². The van der Waals surface area contributed by atoms with Gasteiger partial charge in [-0.25, -0.2) is 4.79 Å². The van der Waals surface area contributed by atoms with E-state index in [9.17, 15) is 31.9 Å². The molecule has 0 spiro atoms. The number of carbonyl (C=O) groups is 1. The second kappa shape index (κ2) is 30.5. The Kier molecular flexibility index (Phi) is 32.1. The lowest BCUT2D eigenvalue weighted by atomic mass is 9.59. The van der Waals surface area contributed by atoms with E-state index >= 15 is 0 Å². The molecule has 11 heteroatoms. The summed E-state index contributed by atoms with van der Waals surface area (Å²) in [5, 5.41) is 10.5. The number of thioether (sulfide) groups is 1. The largest absolute Gasteiger partial charge is 0.453 e. The molecule has 322 valence electrons. The summed E-state index contributed by atoms with van der Waals surface area (Å²) in [6.07, 6.45) is 7.16. The molecule has 9 unspecified atom stereocenters. The van der Waals surface area contributed by atoms with Crippen molar-refractivity contribution >= 4 is 17.9 Å². The number of ether oxygens (including phenoxy) is 2. The minimum absolute atomic E-state index is 0.0659. The molecule has 3 rings (SSSR count). The lowest BCUT2D eigenvalue weighted by Crippen LogP contribution is -2.52. The Morgan fingerprint density at radius 3 is 2.02 bits per heavy atom. The number of aliphatic hydroxyl groups is 1. The van der Waals surface area contributed by atoms with E-state index in [0.29, 0.717) is 47.9 Å². The van der Waals surface area contributed by atoms with E-state index in [1.165, 1.54) is 37.4 Å². The first kappa shape index (κ1) is 56.7. The number of allylic oxidation sites excluding steroid dienone is 2. The molecule has 0 aromatic rings. The van der Waals surface area contributed by atoms with Crippen molar-refractivity contribution in [3.8, 4) is 0 Å². The molecule has 1 saturated heterocycles. The first-order valence-corrected chi connectivity index (χ1v) is 21.6. The molecule has 9 atom stereocenters. The van der Waals surface area contributed by atoms with Gasteiger partial charge in [0.1, 0.15) is 0 Å². The van der Waals surface area contributed by atoms with Gasteiger partial charge < -0.3 is 14.6 Å². The predicted octanol–water partition coefficient (Wildman–Crippen LogP) is 13.9. The van der Waals surface area contributed by atoms with E-state index in [4.69, 9.17) is 9.47 Å². The molecule has 3 fully saturated rings. The highest BCUT2D eigenvalue weighted by Crippen LogP contribution is 2.57. The van der Waals surface area contributed by atoms with Crippen LogP contribution in [0, 0.1) is 29.1 Å². The van der Waals surface area contributed by atoms with Gasteiger partial charge in [0.25, 0.3) is 0 Å². The Bertz CT molecular complexity index is 974. The van der Waals surface area contributed by atoms with E-state index in [-0.39, 0.29) is 36.1 Å². The number of rotatable bonds is 13. The van der Waals surface area contributed by atoms with Gasteiger partial charge in [0.15, 0.2) is 0 Å². The van der Waals surface area contributed by atoms with Gasteiger partial charge in [0.2, 0.25) is 0 Å². The lowest BCUT2D eigenvalue weighted by molar-refractivity contribution is -0.284.